The summed E-state index contributed by atoms with van der Waals surface area (Å²) in [6.45, 7) is 2.22. The third-order valence-corrected chi connectivity index (χ3v) is 2.64. The van der Waals surface area contributed by atoms with Crippen LogP contribution in [0.5, 0.6) is 0 Å². The third-order valence-electron chi connectivity index (χ3n) is 1.61. The molecule has 1 unspecified atom stereocenters. The summed E-state index contributed by atoms with van der Waals surface area (Å²) in [5, 5.41) is 0.898. The minimum absolute atomic E-state index is 0.898. The first-order valence-electron chi connectivity index (χ1n) is 3.01. The van der Waals surface area contributed by atoms with Crippen LogP contribution in [0, 0.1) is 0 Å². The molecular weight excluding hydrogens is 116 g/mol. The maximum atomic E-state index is 2.35. The van der Waals surface area contributed by atoms with Gasteiger partial charge in [-0.3, -0.25) is 0 Å². The Morgan fingerprint density at radius 2 is 2.50 bits per heavy atom. The molecule has 0 nitrogen and oxygen atoms in total. The molecule has 0 aromatic rings. The first kappa shape index (κ1) is 6.21. The average Bonchev–Trinajstić information content (AvgIpc) is 2.14. The molecule has 1 heteroatoms. The van der Waals surface area contributed by atoms with Crippen LogP contribution in [0.15, 0.2) is 11.6 Å². The van der Waals surface area contributed by atoms with Crippen molar-refractivity contribution in [3.8, 4) is 0 Å². The first-order valence-corrected chi connectivity index (χ1v) is 4.30. The van der Waals surface area contributed by atoms with Crippen molar-refractivity contribution >= 4 is 11.8 Å². The summed E-state index contributed by atoms with van der Waals surface area (Å²) in [5.74, 6) is 0. The Morgan fingerprint density at radius 1 is 1.75 bits per heavy atom. The maximum absolute atomic E-state index is 2.35. The van der Waals surface area contributed by atoms with Crippen LogP contribution < -0.4 is 0 Å². The average molecular weight is 128 g/mol. The van der Waals surface area contributed by atoms with Gasteiger partial charge in [0.1, 0.15) is 0 Å². The Kier molecular flexibility index (Phi) is 2.01. The molecule has 0 amide bonds. The van der Waals surface area contributed by atoms with Crippen LogP contribution in [0.3, 0.4) is 0 Å². The van der Waals surface area contributed by atoms with E-state index >= 15 is 0 Å². The van der Waals surface area contributed by atoms with Crippen LogP contribution in [0.4, 0.5) is 0 Å². The second kappa shape index (κ2) is 2.58. The molecule has 0 aliphatic heterocycles. The number of allylic oxidation sites excluding steroid dienone is 2. The smallest absolute Gasteiger partial charge is 0.0116 e. The lowest BCUT2D eigenvalue weighted by molar-refractivity contribution is 0.932. The molecular formula is C7H12S. The van der Waals surface area contributed by atoms with E-state index in [4.69, 9.17) is 0 Å². The van der Waals surface area contributed by atoms with Gasteiger partial charge in [-0.15, -0.1) is 0 Å². The van der Waals surface area contributed by atoms with Gasteiger partial charge < -0.3 is 0 Å². The quantitative estimate of drug-likeness (QED) is 0.489. The minimum atomic E-state index is 0.898. The summed E-state index contributed by atoms with van der Waals surface area (Å²) in [5.41, 5.74) is 1.57. The van der Waals surface area contributed by atoms with Crippen LogP contribution in [-0.2, 0) is 0 Å². The summed E-state index contributed by atoms with van der Waals surface area (Å²) >= 11 is 1.98. The number of rotatable bonds is 1. The van der Waals surface area contributed by atoms with Gasteiger partial charge in [-0.2, -0.15) is 11.8 Å². The Balaban J connectivity index is 2.32. The topological polar surface area (TPSA) is 0 Å². The molecule has 0 spiro atoms. The highest BCUT2D eigenvalue weighted by Crippen LogP contribution is 2.26. The first-order chi connectivity index (χ1) is 3.83. The van der Waals surface area contributed by atoms with E-state index in [9.17, 15) is 0 Å². The highest BCUT2D eigenvalue weighted by molar-refractivity contribution is 7.99. The zero-order valence-corrected chi connectivity index (χ0v) is 6.29. The Bertz CT molecular complexity index is 105. The SMILES string of the molecule is CSC1CC=C(C)C1. The highest BCUT2D eigenvalue weighted by atomic mass is 32.2. The second-order valence-corrected chi connectivity index (χ2v) is 3.49. The van der Waals surface area contributed by atoms with Crippen LogP contribution in [-0.4, -0.2) is 11.5 Å². The molecule has 0 radical (unpaired) electrons. The number of hydrogen-bond acceptors (Lipinski definition) is 1. The molecule has 0 saturated heterocycles. The summed E-state index contributed by atoms with van der Waals surface area (Å²) in [6.07, 6.45) is 7.16. The lowest BCUT2D eigenvalue weighted by Gasteiger charge is -2.01. The lowest BCUT2D eigenvalue weighted by Crippen LogP contribution is -1.92. The molecule has 0 bridgehead atoms. The van der Waals surface area contributed by atoms with E-state index in [1.807, 2.05) is 11.8 Å². The molecule has 0 heterocycles. The van der Waals surface area contributed by atoms with E-state index in [2.05, 4.69) is 19.3 Å². The van der Waals surface area contributed by atoms with Gasteiger partial charge in [-0.25, -0.2) is 0 Å². The monoisotopic (exact) mass is 128 g/mol. The van der Waals surface area contributed by atoms with Crippen LogP contribution in [0.1, 0.15) is 19.8 Å². The van der Waals surface area contributed by atoms with E-state index in [1.165, 1.54) is 12.8 Å². The summed E-state index contributed by atoms with van der Waals surface area (Å²) in [6, 6.07) is 0. The summed E-state index contributed by atoms with van der Waals surface area (Å²) in [4.78, 5) is 0. The second-order valence-electron chi connectivity index (χ2n) is 2.35. The molecule has 0 N–H and O–H groups in total. The number of hydrogen-bond donors (Lipinski definition) is 0. The van der Waals surface area contributed by atoms with Crippen molar-refractivity contribution in [3.63, 3.8) is 0 Å². The molecule has 1 aliphatic rings. The van der Waals surface area contributed by atoms with Gasteiger partial charge in [0.15, 0.2) is 0 Å². The van der Waals surface area contributed by atoms with Crippen LogP contribution >= 0.6 is 11.8 Å². The van der Waals surface area contributed by atoms with Gasteiger partial charge in [-0.05, 0) is 26.0 Å². The largest absolute Gasteiger partial charge is 0.161 e. The Labute approximate surface area is 55.4 Å². The van der Waals surface area contributed by atoms with E-state index in [0.29, 0.717) is 0 Å². The van der Waals surface area contributed by atoms with Gasteiger partial charge in [0.2, 0.25) is 0 Å². The van der Waals surface area contributed by atoms with Crippen molar-refractivity contribution in [1.29, 1.82) is 0 Å². The van der Waals surface area contributed by atoms with Crippen molar-refractivity contribution in [2.24, 2.45) is 0 Å². The molecule has 1 atom stereocenters. The fourth-order valence-corrected chi connectivity index (χ4v) is 1.76. The molecule has 0 fully saturated rings. The standard InChI is InChI=1S/C7H12S/c1-6-3-4-7(5-6)8-2/h3,7H,4-5H2,1-2H3. The van der Waals surface area contributed by atoms with E-state index in [1.54, 1.807) is 5.57 Å². The zero-order chi connectivity index (χ0) is 5.98. The van der Waals surface area contributed by atoms with Crippen LogP contribution in [0.25, 0.3) is 0 Å². The molecule has 46 valence electrons. The fraction of sp³-hybridized carbons (Fsp3) is 0.714. The van der Waals surface area contributed by atoms with Gasteiger partial charge in [0.05, 0.1) is 0 Å². The van der Waals surface area contributed by atoms with Crippen molar-refractivity contribution in [2.75, 3.05) is 6.26 Å². The predicted octanol–water partition coefficient (Wildman–Crippen LogP) is 2.46. The Morgan fingerprint density at radius 3 is 2.75 bits per heavy atom. The third kappa shape index (κ3) is 1.28. The maximum Gasteiger partial charge on any atom is 0.0116 e. The molecule has 8 heavy (non-hydrogen) atoms. The molecule has 1 aliphatic carbocycles. The molecule has 0 aromatic carbocycles. The van der Waals surface area contributed by atoms with Gasteiger partial charge >= 0.3 is 0 Å². The molecule has 0 aromatic heterocycles. The lowest BCUT2D eigenvalue weighted by atomic mass is 10.3. The fourth-order valence-electron chi connectivity index (χ4n) is 1.04. The van der Waals surface area contributed by atoms with E-state index in [-0.39, 0.29) is 0 Å². The van der Waals surface area contributed by atoms with E-state index in [0.717, 1.165) is 5.25 Å². The van der Waals surface area contributed by atoms with Crippen molar-refractivity contribution in [3.05, 3.63) is 11.6 Å². The summed E-state index contributed by atoms with van der Waals surface area (Å²) in [7, 11) is 0. The molecule has 0 saturated carbocycles. The summed E-state index contributed by atoms with van der Waals surface area (Å²) < 4.78 is 0. The van der Waals surface area contributed by atoms with E-state index < -0.39 is 0 Å². The predicted molar refractivity (Wildman–Crippen MR) is 40.3 cm³/mol. The highest BCUT2D eigenvalue weighted by Gasteiger charge is 2.11. The van der Waals surface area contributed by atoms with Gasteiger partial charge in [-0.1, -0.05) is 11.6 Å². The van der Waals surface area contributed by atoms with Crippen LogP contribution in [0.2, 0.25) is 0 Å². The minimum Gasteiger partial charge on any atom is -0.161 e. The zero-order valence-electron chi connectivity index (χ0n) is 5.48. The van der Waals surface area contributed by atoms with Crippen molar-refractivity contribution < 1.29 is 0 Å². The Hall–Kier alpha value is 0.0900. The normalized spacial score (nSPS) is 28.2. The number of thioether (sulfide) groups is 1. The molecule has 1 rings (SSSR count). The van der Waals surface area contributed by atoms with Gasteiger partial charge in [0, 0.05) is 5.25 Å². The van der Waals surface area contributed by atoms with Crippen molar-refractivity contribution in [2.45, 2.75) is 25.0 Å². The van der Waals surface area contributed by atoms with Crippen molar-refractivity contribution in [1.82, 2.24) is 0 Å². The van der Waals surface area contributed by atoms with Gasteiger partial charge in [0.25, 0.3) is 0 Å².